The first-order chi connectivity index (χ1) is 11.6. The van der Waals surface area contributed by atoms with Crippen LogP contribution in [-0.4, -0.2) is 16.7 Å². The van der Waals surface area contributed by atoms with Crippen molar-refractivity contribution in [2.45, 2.75) is 27.3 Å². The number of rotatable bonds is 4. The molecule has 4 nitrogen and oxygen atoms in total. The highest BCUT2D eigenvalue weighted by molar-refractivity contribution is 6.07. The summed E-state index contributed by atoms with van der Waals surface area (Å²) in [5, 5.41) is 6.11. The van der Waals surface area contributed by atoms with E-state index < -0.39 is 0 Å². The molecule has 3 aromatic rings. The number of fused-ring (bicyclic) bond motifs is 1. The third kappa shape index (κ3) is 2.95. The Morgan fingerprint density at radius 3 is 2.67 bits per heavy atom. The molecule has 0 bridgehead atoms. The van der Waals surface area contributed by atoms with Crippen LogP contribution in [-0.2, 0) is 6.54 Å². The number of nitrogens with one attached hydrogen (secondary N) is 1. The summed E-state index contributed by atoms with van der Waals surface area (Å²) in [4.78, 5) is 12.4. The topological polar surface area (TPSA) is 46.4 Å². The van der Waals surface area contributed by atoms with Crippen LogP contribution in [0.5, 0.6) is 0 Å². The summed E-state index contributed by atoms with van der Waals surface area (Å²) in [6.45, 7) is 7.17. The molecular formula is C20H21N3O. The van der Waals surface area contributed by atoms with Gasteiger partial charge < -0.3 is 4.57 Å². The smallest absolute Gasteiger partial charge is 0.271 e. The fourth-order valence-corrected chi connectivity index (χ4v) is 3.09. The lowest BCUT2D eigenvalue weighted by Crippen LogP contribution is -2.18. The van der Waals surface area contributed by atoms with E-state index in [1.807, 2.05) is 42.5 Å². The van der Waals surface area contributed by atoms with E-state index in [-0.39, 0.29) is 5.91 Å². The number of hydrazone groups is 1. The summed E-state index contributed by atoms with van der Waals surface area (Å²) in [5.41, 5.74) is 6.63. The summed E-state index contributed by atoms with van der Waals surface area (Å²) in [5.74, 6) is -0.202. The molecule has 0 spiro atoms. The Balaban J connectivity index is 1.80. The average molecular weight is 319 g/mol. The summed E-state index contributed by atoms with van der Waals surface area (Å²) >= 11 is 0. The van der Waals surface area contributed by atoms with Gasteiger partial charge in [0.15, 0.2) is 0 Å². The largest absolute Gasteiger partial charge is 0.349 e. The Morgan fingerprint density at radius 2 is 1.92 bits per heavy atom. The van der Waals surface area contributed by atoms with Crippen LogP contribution in [0.3, 0.4) is 0 Å². The highest BCUT2D eigenvalue weighted by Crippen LogP contribution is 2.18. The van der Waals surface area contributed by atoms with Gasteiger partial charge >= 0.3 is 0 Å². The first kappa shape index (κ1) is 16.0. The molecule has 1 N–H and O–H groups in total. The molecule has 0 saturated heterocycles. The summed E-state index contributed by atoms with van der Waals surface area (Å²) in [7, 11) is 0. The molecule has 4 heteroatoms. The Kier molecular flexibility index (Phi) is 4.47. The van der Waals surface area contributed by atoms with Gasteiger partial charge in [-0.05, 0) is 43.7 Å². The van der Waals surface area contributed by atoms with Crippen LogP contribution in [0.4, 0.5) is 0 Å². The molecule has 0 aliphatic rings. The van der Waals surface area contributed by atoms with Gasteiger partial charge in [0.2, 0.25) is 0 Å². The van der Waals surface area contributed by atoms with E-state index in [1.165, 1.54) is 5.69 Å². The van der Waals surface area contributed by atoms with Crippen LogP contribution in [0.25, 0.3) is 10.8 Å². The molecule has 2 aromatic carbocycles. The predicted octanol–water partition coefficient (Wildman–Crippen LogP) is 4.04. The minimum Gasteiger partial charge on any atom is -0.349 e. The third-order valence-corrected chi connectivity index (χ3v) is 4.33. The third-order valence-electron chi connectivity index (χ3n) is 4.33. The van der Waals surface area contributed by atoms with E-state index in [4.69, 9.17) is 0 Å². The van der Waals surface area contributed by atoms with E-state index in [1.54, 1.807) is 6.21 Å². The second-order valence-corrected chi connectivity index (χ2v) is 5.80. The molecule has 0 atom stereocenters. The van der Waals surface area contributed by atoms with Gasteiger partial charge in [0.05, 0.1) is 6.21 Å². The first-order valence-electron chi connectivity index (χ1n) is 8.09. The van der Waals surface area contributed by atoms with E-state index >= 15 is 0 Å². The lowest BCUT2D eigenvalue weighted by Gasteiger charge is -2.05. The fourth-order valence-electron chi connectivity index (χ4n) is 3.09. The molecule has 1 heterocycles. The zero-order chi connectivity index (χ0) is 17.1. The molecule has 0 aliphatic carbocycles. The highest BCUT2D eigenvalue weighted by Gasteiger charge is 2.09. The van der Waals surface area contributed by atoms with Gasteiger partial charge in [0.1, 0.15) is 0 Å². The standard InChI is InChI=1S/C20H21N3O/c1-4-23-14(2)12-17(15(23)3)13-21-22-20(24)19-11-7-9-16-8-5-6-10-18(16)19/h5-13H,4H2,1-3H3,(H,22,24)/b21-13-. The maximum absolute atomic E-state index is 12.4. The zero-order valence-corrected chi connectivity index (χ0v) is 14.2. The number of benzene rings is 2. The number of nitrogens with zero attached hydrogens (tertiary/aromatic N) is 2. The second-order valence-electron chi connectivity index (χ2n) is 5.80. The quantitative estimate of drug-likeness (QED) is 0.572. The molecule has 1 aromatic heterocycles. The Labute approximate surface area is 141 Å². The molecule has 3 rings (SSSR count). The molecule has 0 fully saturated rings. The lowest BCUT2D eigenvalue weighted by molar-refractivity contribution is 0.0957. The molecule has 24 heavy (non-hydrogen) atoms. The summed E-state index contributed by atoms with van der Waals surface area (Å²) in [6, 6.07) is 15.6. The van der Waals surface area contributed by atoms with Crippen molar-refractivity contribution in [1.29, 1.82) is 0 Å². The Hall–Kier alpha value is -2.88. The SMILES string of the molecule is CCn1c(C)cc(/C=N\NC(=O)c2cccc3ccccc23)c1C. The summed E-state index contributed by atoms with van der Waals surface area (Å²) < 4.78 is 2.22. The van der Waals surface area contributed by atoms with Gasteiger partial charge in [0.25, 0.3) is 5.91 Å². The zero-order valence-electron chi connectivity index (χ0n) is 14.2. The number of hydrogen-bond donors (Lipinski definition) is 1. The minimum atomic E-state index is -0.202. The molecule has 0 aliphatic heterocycles. The second kappa shape index (κ2) is 6.71. The maximum atomic E-state index is 12.4. The van der Waals surface area contributed by atoms with Gasteiger partial charge in [0, 0.05) is 29.1 Å². The van der Waals surface area contributed by atoms with Crippen molar-refractivity contribution in [2.24, 2.45) is 5.10 Å². The molecule has 0 unspecified atom stereocenters. The van der Waals surface area contributed by atoms with Crippen molar-refractivity contribution < 1.29 is 4.79 Å². The summed E-state index contributed by atoms with van der Waals surface area (Å²) in [6.07, 6.45) is 1.71. The van der Waals surface area contributed by atoms with Gasteiger partial charge in [-0.25, -0.2) is 5.43 Å². The van der Waals surface area contributed by atoms with Gasteiger partial charge in [-0.2, -0.15) is 5.10 Å². The van der Waals surface area contributed by atoms with Crippen LogP contribution >= 0.6 is 0 Å². The van der Waals surface area contributed by atoms with Crippen LogP contribution in [0.1, 0.15) is 34.2 Å². The lowest BCUT2D eigenvalue weighted by atomic mass is 10.0. The van der Waals surface area contributed by atoms with Gasteiger partial charge in [-0.15, -0.1) is 0 Å². The van der Waals surface area contributed by atoms with Crippen LogP contribution in [0, 0.1) is 13.8 Å². The number of carbonyl (C=O) groups is 1. The normalized spacial score (nSPS) is 11.3. The van der Waals surface area contributed by atoms with Crippen molar-refractivity contribution in [3.05, 3.63) is 71.0 Å². The monoisotopic (exact) mass is 319 g/mol. The van der Waals surface area contributed by atoms with Crippen molar-refractivity contribution in [2.75, 3.05) is 0 Å². The number of carbonyl (C=O) groups excluding carboxylic acids is 1. The molecular weight excluding hydrogens is 298 g/mol. The number of hydrogen-bond acceptors (Lipinski definition) is 2. The number of aryl methyl sites for hydroxylation is 1. The van der Waals surface area contributed by atoms with Crippen molar-refractivity contribution >= 4 is 22.9 Å². The Morgan fingerprint density at radius 1 is 1.17 bits per heavy atom. The predicted molar refractivity (Wildman–Crippen MR) is 98.6 cm³/mol. The van der Waals surface area contributed by atoms with Crippen molar-refractivity contribution in [3.63, 3.8) is 0 Å². The molecule has 122 valence electrons. The maximum Gasteiger partial charge on any atom is 0.271 e. The number of aromatic nitrogens is 1. The Bertz CT molecular complexity index is 917. The van der Waals surface area contributed by atoms with Gasteiger partial charge in [-0.1, -0.05) is 36.4 Å². The molecule has 1 amide bonds. The van der Waals surface area contributed by atoms with E-state index in [2.05, 4.69) is 41.9 Å². The van der Waals surface area contributed by atoms with E-state index in [9.17, 15) is 4.79 Å². The fraction of sp³-hybridized carbons (Fsp3) is 0.200. The number of amides is 1. The van der Waals surface area contributed by atoms with E-state index in [0.717, 1.165) is 28.6 Å². The van der Waals surface area contributed by atoms with Crippen LogP contribution in [0.2, 0.25) is 0 Å². The molecule has 0 radical (unpaired) electrons. The van der Waals surface area contributed by atoms with E-state index in [0.29, 0.717) is 5.56 Å². The van der Waals surface area contributed by atoms with Crippen LogP contribution in [0.15, 0.2) is 53.6 Å². The average Bonchev–Trinajstić information content (AvgIpc) is 2.87. The first-order valence-corrected chi connectivity index (χ1v) is 8.09. The van der Waals surface area contributed by atoms with Gasteiger partial charge in [-0.3, -0.25) is 4.79 Å². The van der Waals surface area contributed by atoms with Crippen LogP contribution < -0.4 is 5.43 Å². The van der Waals surface area contributed by atoms with Crippen molar-refractivity contribution in [3.8, 4) is 0 Å². The minimum absolute atomic E-state index is 0.202. The van der Waals surface area contributed by atoms with Crippen molar-refractivity contribution in [1.82, 2.24) is 9.99 Å². The highest BCUT2D eigenvalue weighted by atomic mass is 16.2. The molecule has 0 saturated carbocycles.